The van der Waals surface area contributed by atoms with E-state index in [1.165, 1.54) is 14.0 Å². The number of methoxy groups -OCH3 is 1. The first-order valence-electron chi connectivity index (χ1n) is 14.9. The van der Waals surface area contributed by atoms with Gasteiger partial charge in [-0.25, -0.2) is 0 Å². The maximum absolute atomic E-state index is 13.6. The van der Waals surface area contributed by atoms with Crippen molar-refractivity contribution >= 4 is 5.97 Å². The highest BCUT2D eigenvalue weighted by atomic mass is 16.7. The van der Waals surface area contributed by atoms with E-state index in [2.05, 4.69) is 6.92 Å². The minimum absolute atomic E-state index is 0.0833. The summed E-state index contributed by atoms with van der Waals surface area (Å²) in [5, 5.41) is 44.8. The van der Waals surface area contributed by atoms with E-state index in [-0.39, 0.29) is 18.3 Å². The van der Waals surface area contributed by atoms with Crippen molar-refractivity contribution in [1.29, 1.82) is 0 Å². The Hall–Kier alpha value is -0.850. The van der Waals surface area contributed by atoms with E-state index < -0.39 is 71.5 Å². The highest BCUT2D eigenvalue weighted by Gasteiger charge is 2.49. The molecule has 0 saturated carbocycles. The molecule has 13 atom stereocenters. The van der Waals surface area contributed by atoms with Gasteiger partial charge in [-0.05, 0) is 79.7 Å². The minimum Gasteiger partial charge on any atom is -0.459 e. The van der Waals surface area contributed by atoms with Crippen LogP contribution < -0.4 is 0 Å². The molecule has 2 fully saturated rings. The van der Waals surface area contributed by atoms with Gasteiger partial charge in [0.1, 0.15) is 23.9 Å². The van der Waals surface area contributed by atoms with E-state index in [0.717, 1.165) is 0 Å². The van der Waals surface area contributed by atoms with Crippen LogP contribution in [0.3, 0.4) is 0 Å². The second-order valence-corrected chi connectivity index (χ2v) is 13.5. The lowest BCUT2D eigenvalue weighted by atomic mass is 9.80. The molecule has 40 heavy (non-hydrogen) atoms. The van der Waals surface area contributed by atoms with Gasteiger partial charge in [-0.2, -0.15) is 0 Å². The first kappa shape index (κ1) is 35.3. The van der Waals surface area contributed by atoms with Crippen molar-refractivity contribution in [1.82, 2.24) is 4.90 Å². The number of carbonyl (C=O) groups is 1. The highest BCUT2D eigenvalue weighted by Crippen LogP contribution is 2.37. The normalized spacial score (nSPS) is 49.1. The van der Waals surface area contributed by atoms with E-state index in [4.69, 9.17) is 18.9 Å². The minimum atomic E-state index is -1.70. The van der Waals surface area contributed by atoms with Crippen molar-refractivity contribution in [2.75, 3.05) is 20.7 Å². The molecule has 10 heteroatoms. The predicted molar refractivity (Wildman–Crippen MR) is 151 cm³/mol. The lowest BCUT2D eigenvalue weighted by molar-refractivity contribution is -0.296. The van der Waals surface area contributed by atoms with Crippen LogP contribution in [0.1, 0.15) is 88.0 Å². The van der Waals surface area contributed by atoms with Gasteiger partial charge in [0.15, 0.2) is 6.29 Å². The number of nitrogens with zero attached hydrogens (tertiary/aromatic N) is 1. The van der Waals surface area contributed by atoms with Crippen LogP contribution in [0.2, 0.25) is 0 Å². The van der Waals surface area contributed by atoms with Gasteiger partial charge < -0.3 is 44.3 Å². The van der Waals surface area contributed by atoms with Gasteiger partial charge >= 0.3 is 5.97 Å². The Morgan fingerprint density at radius 3 is 2.15 bits per heavy atom. The molecule has 0 aromatic rings. The molecule has 2 aliphatic heterocycles. The van der Waals surface area contributed by atoms with Gasteiger partial charge in [-0.1, -0.05) is 20.8 Å². The van der Waals surface area contributed by atoms with Gasteiger partial charge in [-0.15, -0.1) is 0 Å². The van der Waals surface area contributed by atoms with Crippen molar-refractivity contribution in [3.63, 3.8) is 0 Å². The lowest BCUT2D eigenvalue weighted by Gasteiger charge is -2.46. The summed E-state index contributed by atoms with van der Waals surface area (Å²) in [4.78, 5) is 15.6. The molecule has 0 bridgehead atoms. The van der Waals surface area contributed by atoms with Crippen LogP contribution in [0, 0.1) is 17.8 Å². The fraction of sp³-hybridized carbons (Fsp3) is 0.967. The summed E-state index contributed by atoms with van der Waals surface area (Å²) in [6.45, 7) is 16.8. The van der Waals surface area contributed by atoms with Gasteiger partial charge in [0, 0.05) is 26.1 Å². The van der Waals surface area contributed by atoms with Crippen LogP contribution in [0.4, 0.5) is 0 Å². The topological polar surface area (TPSA) is 138 Å². The molecule has 2 saturated heterocycles. The average molecular weight is 576 g/mol. The number of hydrogen-bond donors (Lipinski definition) is 4. The monoisotopic (exact) mass is 575 g/mol. The van der Waals surface area contributed by atoms with Crippen LogP contribution in [-0.4, -0.2) is 112 Å². The fourth-order valence-corrected chi connectivity index (χ4v) is 6.80. The molecule has 0 aromatic carbocycles. The van der Waals surface area contributed by atoms with Crippen LogP contribution in [0.5, 0.6) is 0 Å². The highest BCUT2D eigenvalue weighted by molar-refractivity contribution is 5.73. The zero-order valence-electron chi connectivity index (χ0n) is 26.6. The summed E-state index contributed by atoms with van der Waals surface area (Å²) < 4.78 is 24.0. The number of esters is 1. The molecule has 2 aliphatic rings. The van der Waals surface area contributed by atoms with Crippen LogP contribution in [-0.2, 0) is 23.7 Å². The maximum Gasteiger partial charge on any atom is 0.311 e. The van der Waals surface area contributed by atoms with Crippen molar-refractivity contribution < 1.29 is 44.2 Å². The Morgan fingerprint density at radius 1 is 1.00 bits per heavy atom. The number of ether oxygens (including phenoxy) is 4. The van der Waals surface area contributed by atoms with Crippen LogP contribution >= 0.6 is 0 Å². The molecule has 4 N–H and O–H groups in total. The molecule has 2 heterocycles. The van der Waals surface area contributed by atoms with Gasteiger partial charge in [-0.3, -0.25) is 4.79 Å². The van der Waals surface area contributed by atoms with Gasteiger partial charge in [0.25, 0.3) is 0 Å². The maximum atomic E-state index is 13.6. The number of aliphatic hydroxyl groups is 4. The van der Waals surface area contributed by atoms with Crippen LogP contribution in [0.25, 0.3) is 0 Å². The summed E-state index contributed by atoms with van der Waals surface area (Å²) >= 11 is 0. The van der Waals surface area contributed by atoms with Crippen molar-refractivity contribution in [3.05, 3.63) is 0 Å². The van der Waals surface area contributed by atoms with Crippen molar-refractivity contribution in [2.24, 2.45) is 17.8 Å². The third kappa shape index (κ3) is 8.16. The molecule has 0 aromatic heterocycles. The van der Waals surface area contributed by atoms with Gasteiger partial charge in [0.05, 0.1) is 29.3 Å². The first-order chi connectivity index (χ1) is 18.3. The molecular formula is C30H57NO9. The number of aliphatic hydroxyl groups excluding tert-OH is 2. The standard InChI is InChI=1S/C30H57NO9/c1-12-22-30(9,36)25(32)20(5)31(10)16-17(2)13-28(7,35)14-18(3)24(19(4)27(34)39-22)40-23-15-29(8,37-11)26(33)21(6)38-23/h17-26,32-33,35-36H,12-16H2,1-11H3/t17?,18?,19?,20?,21-,22?,23?,24?,25?,26-,28?,29+,30?/m0/s1. The summed E-state index contributed by atoms with van der Waals surface area (Å²) in [5.74, 6) is -1.55. The molecule has 2 rings (SSSR count). The average Bonchev–Trinajstić information content (AvgIpc) is 2.85. The number of rotatable bonds is 4. The Kier molecular flexibility index (Phi) is 12.0. The molecule has 0 amide bonds. The molecule has 0 spiro atoms. The first-order valence-corrected chi connectivity index (χ1v) is 14.9. The predicted octanol–water partition coefficient (Wildman–Crippen LogP) is 2.48. The smallest absolute Gasteiger partial charge is 0.311 e. The summed E-state index contributed by atoms with van der Waals surface area (Å²) in [6.07, 6.45) is -3.62. The van der Waals surface area contributed by atoms with Crippen molar-refractivity contribution in [3.8, 4) is 0 Å². The number of carbonyl (C=O) groups excluding carboxylic acids is 1. The van der Waals surface area contributed by atoms with E-state index in [0.29, 0.717) is 25.8 Å². The molecule has 236 valence electrons. The van der Waals surface area contributed by atoms with E-state index in [1.807, 2.05) is 25.8 Å². The third-order valence-corrected chi connectivity index (χ3v) is 9.39. The zero-order valence-corrected chi connectivity index (χ0v) is 26.6. The Balaban J connectivity index is 2.47. The van der Waals surface area contributed by atoms with Crippen molar-refractivity contribution in [2.45, 2.75) is 148 Å². The quantitative estimate of drug-likeness (QED) is 0.370. The molecule has 0 radical (unpaired) electrons. The third-order valence-electron chi connectivity index (χ3n) is 9.39. The zero-order chi connectivity index (χ0) is 30.8. The number of hydrogen-bond acceptors (Lipinski definition) is 10. The summed E-state index contributed by atoms with van der Waals surface area (Å²) in [5.41, 5.74) is -3.66. The fourth-order valence-electron chi connectivity index (χ4n) is 6.80. The van der Waals surface area contributed by atoms with Gasteiger partial charge in [0.2, 0.25) is 0 Å². The number of likely N-dealkylation sites (N-methyl/N-ethyl adjacent to an activating group) is 1. The Labute approximate surface area is 241 Å². The summed E-state index contributed by atoms with van der Waals surface area (Å²) in [7, 11) is 3.41. The second kappa shape index (κ2) is 13.6. The second-order valence-electron chi connectivity index (χ2n) is 13.5. The van der Waals surface area contributed by atoms with E-state index >= 15 is 0 Å². The Morgan fingerprint density at radius 2 is 1.60 bits per heavy atom. The lowest BCUT2D eigenvalue weighted by Crippen LogP contribution is -2.59. The molecule has 10 unspecified atom stereocenters. The molecular weight excluding hydrogens is 518 g/mol. The Bertz CT molecular complexity index is 823. The largest absolute Gasteiger partial charge is 0.459 e. The van der Waals surface area contributed by atoms with E-state index in [9.17, 15) is 25.2 Å². The molecule has 10 nitrogen and oxygen atoms in total. The summed E-state index contributed by atoms with van der Waals surface area (Å²) in [6, 6.07) is -0.427. The van der Waals surface area contributed by atoms with E-state index in [1.54, 1.807) is 34.6 Å². The van der Waals surface area contributed by atoms with Crippen LogP contribution in [0.15, 0.2) is 0 Å². The molecule has 0 aliphatic carbocycles. The number of cyclic esters (lactones) is 1. The SMILES string of the molecule is CCC1OC(=O)C(C)C(OC2C[C@@](C)(OC)[C@@H](O)[C@H](C)O2)C(C)CC(C)(O)CC(C)CN(C)C(C)C(O)C1(C)O.